The molecule has 0 bridgehead atoms. The fourth-order valence-electron chi connectivity index (χ4n) is 3.66. The van der Waals surface area contributed by atoms with E-state index in [1.54, 1.807) is 12.1 Å². The first-order valence-electron chi connectivity index (χ1n) is 9.16. The molecule has 2 aromatic carbocycles. The zero-order chi connectivity index (χ0) is 18.8. The molecule has 0 aromatic heterocycles. The largest absolute Gasteiger partial charge is 0.390 e. The second-order valence-corrected chi connectivity index (χ2v) is 9.43. The Balaban J connectivity index is 1.66. The fraction of sp³-hybridized carbons (Fsp3) is 0.429. The molecule has 0 spiro atoms. The lowest BCUT2D eigenvalue weighted by molar-refractivity contribution is -0.00182. The van der Waals surface area contributed by atoms with Crippen molar-refractivity contribution >= 4 is 10.0 Å². The van der Waals surface area contributed by atoms with Gasteiger partial charge in [0, 0.05) is 6.04 Å². The molecule has 0 amide bonds. The summed E-state index contributed by atoms with van der Waals surface area (Å²) >= 11 is 0. The van der Waals surface area contributed by atoms with Crippen LogP contribution in [0, 0.1) is 5.92 Å². The molecule has 140 valence electrons. The Morgan fingerprint density at radius 2 is 1.42 bits per heavy atom. The molecule has 3 rings (SSSR count). The van der Waals surface area contributed by atoms with Gasteiger partial charge in [-0.05, 0) is 68.7 Å². The van der Waals surface area contributed by atoms with Gasteiger partial charge in [-0.1, -0.05) is 42.5 Å². The van der Waals surface area contributed by atoms with Gasteiger partial charge in [0.1, 0.15) is 0 Å². The van der Waals surface area contributed by atoms with E-state index in [-0.39, 0.29) is 12.0 Å². The summed E-state index contributed by atoms with van der Waals surface area (Å²) < 4.78 is 28.2. The van der Waals surface area contributed by atoms with Gasteiger partial charge in [0.25, 0.3) is 0 Å². The van der Waals surface area contributed by atoms with Crippen LogP contribution < -0.4 is 4.72 Å². The van der Waals surface area contributed by atoms with E-state index in [1.807, 2.05) is 56.3 Å². The van der Waals surface area contributed by atoms with Gasteiger partial charge >= 0.3 is 0 Å². The SMILES string of the molecule is CC(C)(O)[C@H]1CC[C@H](NS(=O)(=O)c2ccc(-c3ccccc3)cc2)CC1. The normalized spacial score (nSPS) is 21.5. The second kappa shape index (κ2) is 7.51. The summed E-state index contributed by atoms with van der Waals surface area (Å²) in [7, 11) is -3.52. The van der Waals surface area contributed by atoms with Gasteiger partial charge in [0.05, 0.1) is 10.5 Å². The third kappa shape index (κ3) is 4.53. The maximum absolute atomic E-state index is 12.7. The number of sulfonamides is 1. The van der Waals surface area contributed by atoms with Crippen LogP contribution in [0.4, 0.5) is 0 Å². The van der Waals surface area contributed by atoms with E-state index in [0.717, 1.165) is 36.8 Å². The van der Waals surface area contributed by atoms with Gasteiger partial charge in [-0.15, -0.1) is 0 Å². The molecule has 2 aromatic rings. The Kier molecular flexibility index (Phi) is 5.51. The molecule has 1 aliphatic carbocycles. The molecule has 0 saturated heterocycles. The van der Waals surface area contributed by atoms with Gasteiger partial charge in [0.2, 0.25) is 10.0 Å². The molecule has 26 heavy (non-hydrogen) atoms. The highest BCUT2D eigenvalue weighted by Gasteiger charge is 2.32. The Hall–Kier alpha value is -1.69. The van der Waals surface area contributed by atoms with Crippen LogP contribution in [0.15, 0.2) is 59.5 Å². The van der Waals surface area contributed by atoms with Gasteiger partial charge in [0.15, 0.2) is 0 Å². The zero-order valence-electron chi connectivity index (χ0n) is 15.4. The van der Waals surface area contributed by atoms with Crippen LogP contribution in [0.25, 0.3) is 11.1 Å². The molecule has 0 heterocycles. The number of benzene rings is 2. The standard InChI is InChI=1S/C21H27NO3S/c1-21(2,23)18-10-12-19(13-11-18)22-26(24,25)20-14-8-17(9-15-20)16-6-4-3-5-7-16/h3-9,14-15,18-19,22-23H,10-13H2,1-2H3/t18-,19-. The summed E-state index contributed by atoms with van der Waals surface area (Å²) in [5, 5.41) is 10.1. The highest BCUT2D eigenvalue weighted by molar-refractivity contribution is 7.89. The molecule has 0 aliphatic heterocycles. The summed E-state index contributed by atoms with van der Waals surface area (Å²) in [6, 6.07) is 16.8. The minimum absolute atomic E-state index is 0.0626. The molecule has 1 aliphatic rings. The van der Waals surface area contributed by atoms with Crippen LogP contribution >= 0.6 is 0 Å². The number of hydrogen-bond acceptors (Lipinski definition) is 3. The summed E-state index contributed by atoms with van der Waals surface area (Å²) in [5.74, 6) is 0.230. The molecule has 0 atom stereocenters. The number of hydrogen-bond donors (Lipinski definition) is 2. The second-order valence-electron chi connectivity index (χ2n) is 7.71. The first-order valence-corrected chi connectivity index (χ1v) is 10.6. The maximum Gasteiger partial charge on any atom is 0.240 e. The van der Waals surface area contributed by atoms with Gasteiger partial charge < -0.3 is 5.11 Å². The third-order valence-electron chi connectivity index (χ3n) is 5.32. The predicted molar refractivity (Wildman–Crippen MR) is 104 cm³/mol. The highest BCUT2D eigenvalue weighted by Crippen LogP contribution is 2.33. The van der Waals surface area contributed by atoms with Gasteiger partial charge in [-0.3, -0.25) is 0 Å². The lowest BCUT2D eigenvalue weighted by atomic mass is 9.77. The summed E-state index contributed by atoms with van der Waals surface area (Å²) in [6.45, 7) is 3.66. The van der Waals surface area contributed by atoms with Crippen LogP contribution in [0.5, 0.6) is 0 Å². The molecule has 0 radical (unpaired) electrons. The van der Waals surface area contributed by atoms with Crippen molar-refractivity contribution in [2.45, 2.75) is 56.1 Å². The molecule has 0 unspecified atom stereocenters. The predicted octanol–water partition coefficient (Wildman–Crippen LogP) is 3.96. The van der Waals surface area contributed by atoms with Crippen LogP contribution in [0.1, 0.15) is 39.5 Å². The van der Waals surface area contributed by atoms with E-state index < -0.39 is 15.6 Å². The smallest absolute Gasteiger partial charge is 0.240 e. The van der Waals surface area contributed by atoms with Gasteiger partial charge in [-0.2, -0.15) is 0 Å². The van der Waals surface area contributed by atoms with E-state index >= 15 is 0 Å². The molecule has 5 heteroatoms. The van der Waals surface area contributed by atoms with E-state index in [0.29, 0.717) is 4.90 Å². The summed E-state index contributed by atoms with van der Waals surface area (Å²) in [5.41, 5.74) is 1.36. The van der Waals surface area contributed by atoms with Gasteiger partial charge in [-0.25, -0.2) is 13.1 Å². The average Bonchev–Trinajstić information content (AvgIpc) is 2.62. The van der Waals surface area contributed by atoms with Crippen LogP contribution in [-0.4, -0.2) is 25.2 Å². The van der Waals surface area contributed by atoms with Crippen molar-refractivity contribution in [3.63, 3.8) is 0 Å². The zero-order valence-corrected chi connectivity index (χ0v) is 16.2. The summed E-state index contributed by atoms with van der Waals surface area (Å²) in [6.07, 6.45) is 3.19. The number of rotatable bonds is 5. The minimum Gasteiger partial charge on any atom is -0.390 e. The fourth-order valence-corrected chi connectivity index (χ4v) is 4.97. The van der Waals surface area contributed by atoms with E-state index in [2.05, 4.69) is 4.72 Å². The van der Waals surface area contributed by atoms with Crippen molar-refractivity contribution in [1.82, 2.24) is 4.72 Å². The lowest BCUT2D eigenvalue weighted by Crippen LogP contribution is -2.41. The minimum atomic E-state index is -3.52. The Bertz CT molecular complexity index is 816. The van der Waals surface area contributed by atoms with Crippen molar-refractivity contribution in [3.8, 4) is 11.1 Å². The molecule has 2 N–H and O–H groups in total. The van der Waals surface area contributed by atoms with Crippen LogP contribution in [0.3, 0.4) is 0 Å². The Morgan fingerprint density at radius 1 is 0.885 bits per heavy atom. The Labute approximate surface area is 156 Å². The third-order valence-corrected chi connectivity index (χ3v) is 6.86. The van der Waals surface area contributed by atoms with E-state index in [9.17, 15) is 13.5 Å². The van der Waals surface area contributed by atoms with Crippen molar-refractivity contribution in [1.29, 1.82) is 0 Å². The lowest BCUT2D eigenvalue weighted by Gasteiger charge is -2.35. The van der Waals surface area contributed by atoms with E-state index in [1.165, 1.54) is 0 Å². The van der Waals surface area contributed by atoms with E-state index in [4.69, 9.17) is 0 Å². The Morgan fingerprint density at radius 3 is 1.96 bits per heavy atom. The van der Waals surface area contributed by atoms with Crippen LogP contribution in [0.2, 0.25) is 0 Å². The molecule has 1 saturated carbocycles. The summed E-state index contributed by atoms with van der Waals surface area (Å²) in [4.78, 5) is 0.293. The average molecular weight is 374 g/mol. The molecule has 1 fully saturated rings. The first kappa shape index (κ1) is 19.1. The van der Waals surface area contributed by atoms with Crippen molar-refractivity contribution in [2.24, 2.45) is 5.92 Å². The van der Waals surface area contributed by atoms with Crippen molar-refractivity contribution in [2.75, 3.05) is 0 Å². The quantitative estimate of drug-likeness (QED) is 0.834. The molecular weight excluding hydrogens is 346 g/mol. The first-order chi connectivity index (χ1) is 12.3. The molecule has 4 nitrogen and oxygen atoms in total. The monoisotopic (exact) mass is 373 g/mol. The van der Waals surface area contributed by atoms with Crippen molar-refractivity contribution < 1.29 is 13.5 Å². The van der Waals surface area contributed by atoms with Crippen molar-refractivity contribution in [3.05, 3.63) is 54.6 Å². The number of nitrogens with one attached hydrogen (secondary N) is 1. The number of aliphatic hydroxyl groups is 1. The topological polar surface area (TPSA) is 66.4 Å². The van der Waals surface area contributed by atoms with Crippen LogP contribution in [-0.2, 0) is 10.0 Å². The highest BCUT2D eigenvalue weighted by atomic mass is 32.2. The maximum atomic E-state index is 12.7. The molecular formula is C21H27NO3S.